The van der Waals surface area contributed by atoms with Gasteiger partial charge in [-0.15, -0.1) is 0 Å². The van der Waals surface area contributed by atoms with Crippen LogP contribution in [0, 0.1) is 13.8 Å². The van der Waals surface area contributed by atoms with Crippen LogP contribution >= 0.6 is 0 Å². The zero-order valence-electron chi connectivity index (χ0n) is 12.9. The van der Waals surface area contributed by atoms with E-state index >= 15 is 0 Å². The van der Waals surface area contributed by atoms with Crippen LogP contribution in [0.3, 0.4) is 0 Å². The summed E-state index contributed by atoms with van der Waals surface area (Å²) in [6, 6.07) is 5.88. The van der Waals surface area contributed by atoms with Crippen molar-refractivity contribution in [2.75, 3.05) is 18.4 Å². The Morgan fingerprint density at radius 3 is 2.19 bits per heavy atom. The molecule has 2 rings (SSSR count). The lowest BCUT2D eigenvalue weighted by molar-refractivity contribution is -0.134. The molecule has 2 amide bonds. The van der Waals surface area contributed by atoms with Crippen LogP contribution in [-0.4, -0.2) is 29.8 Å². The molecule has 1 N–H and O–H groups in total. The summed E-state index contributed by atoms with van der Waals surface area (Å²) in [6.07, 6.45) is 4.39. The predicted molar refractivity (Wildman–Crippen MR) is 84.2 cm³/mol. The number of hydrogen-bond acceptors (Lipinski definition) is 2. The first kappa shape index (κ1) is 15.5. The van der Waals surface area contributed by atoms with Crippen molar-refractivity contribution in [1.82, 2.24) is 4.90 Å². The normalized spacial score (nSPS) is 15.4. The molecular formula is C17H24N2O2. The zero-order valence-corrected chi connectivity index (χ0v) is 12.9. The van der Waals surface area contributed by atoms with Gasteiger partial charge < -0.3 is 10.2 Å². The third-order valence-electron chi connectivity index (χ3n) is 4.02. The SMILES string of the molecule is Cc1cccc(C)c1NC(=O)CC(=O)N1CCCCCC1. The Morgan fingerprint density at radius 2 is 1.62 bits per heavy atom. The summed E-state index contributed by atoms with van der Waals surface area (Å²) < 4.78 is 0. The fourth-order valence-corrected chi connectivity index (χ4v) is 2.76. The summed E-state index contributed by atoms with van der Waals surface area (Å²) in [6.45, 7) is 5.49. The van der Waals surface area contributed by atoms with Gasteiger partial charge in [0.2, 0.25) is 11.8 Å². The van der Waals surface area contributed by atoms with Crippen LogP contribution in [0.2, 0.25) is 0 Å². The minimum absolute atomic E-state index is 0.0550. The molecule has 0 bridgehead atoms. The van der Waals surface area contributed by atoms with Gasteiger partial charge in [-0.25, -0.2) is 0 Å². The second-order valence-corrected chi connectivity index (χ2v) is 5.79. The lowest BCUT2D eigenvalue weighted by Crippen LogP contribution is -2.34. The Hall–Kier alpha value is -1.84. The fraction of sp³-hybridized carbons (Fsp3) is 0.529. The lowest BCUT2D eigenvalue weighted by Gasteiger charge is -2.20. The third-order valence-corrected chi connectivity index (χ3v) is 4.02. The summed E-state index contributed by atoms with van der Waals surface area (Å²) in [5.41, 5.74) is 2.86. The van der Waals surface area contributed by atoms with Gasteiger partial charge in [0, 0.05) is 18.8 Å². The number of para-hydroxylation sites is 1. The van der Waals surface area contributed by atoms with E-state index < -0.39 is 0 Å². The molecule has 1 aromatic rings. The van der Waals surface area contributed by atoms with E-state index in [1.807, 2.05) is 36.9 Å². The van der Waals surface area contributed by atoms with Gasteiger partial charge in [-0.1, -0.05) is 31.0 Å². The summed E-state index contributed by atoms with van der Waals surface area (Å²) in [4.78, 5) is 26.1. The van der Waals surface area contributed by atoms with Crippen LogP contribution in [0.4, 0.5) is 5.69 Å². The Kier molecular flexibility index (Phi) is 5.37. The standard InChI is InChI=1S/C17H24N2O2/c1-13-8-7-9-14(2)17(13)18-15(20)12-16(21)19-10-5-3-4-6-11-19/h7-9H,3-6,10-12H2,1-2H3,(H,18,20). The molecular weight excluding hydrogens is 264 g/mol. The van der Waals surface area contributed by atoms with Crippen LogP contribution in [0.5, 0.6) is 0 Å². The Labute approximate surface area is 126 Å². The molecule has 0 aromatic heterocycles. The number of hydrogen-bond donors (Lipinski definition) is 1. The Morgan fingerprint density at radius 1 is 1.05 bits per heavy atom. The summed E-state index contributed by atoms with van der Waals surface area (Å²) in [7, 11) is 0. The number of nitrogens with zero attached hydrogens (tertiary/aromatic N) is 1. The highest BCUT2D eigenvalue weighted by Gasteiger charge is 2.19. The van der Waals surface area contributed by atoms with Gasteiger partial charge in [0.25, 0.3) is 0 Å². The topological polar surface area (TPSA) is 49.4 Å². The largest absolute Gasteiger partial charge is 0.342 e. The van der Waals surface area contributed by atoms with Gasteiger partial charge >= 0.3 is 0 Å². The molecule has 1 aromatic carbocycles. The third kappa shape index (κ3) is 4.31. The second kappa shape index (κ2) is 7.25. The molecule has 1 fully saturated rings. The molecule has 4 nitrogen and oxygen atoms in total. The highest BCUT2D eigenvalue weighted by molar-refractivity contribution is 6.04. The fourth-order valence-electron chi connectivity index (χ4n) is 2.76. The van der Waals surface area contributed by atoms with Crippen molar-refractivity contribution < 1.29 is 9.59 Å². The van der Waals surface area contributed by atoms with Crippen molar-refractivity contribution >= 4 is 17.5 Å². The molecule has 0 aliphatic carbocycles. The van der Waals surface area contributed by atoms with Gasteiger partial charge in [0.05, 0.1) is 0 Å². The van der Waals surface area contributed by atoms with Crippen LogP contribution < -0.4 is 5.32 Å². The number of amides is 2. The molecule has 0 unspecified atom stereocenters. The number of nitrogens with one attached hydrogen (secondary N) is 1. The quantitative estimate of drug-likeness (QED) is 0.869. The van der Waals surface area contributed by atoms with Crippen molar-refractivity contribution in [2.24, 2.45) is 0 Å². The maximum absolute atomic E-state index is 12.2. The first-order valence-electron chi connectivity index (χ1n) is 7.72. The van der Waals surface area contributed by atoms with Crippen molar-refractivity contribution in [3.8, 4) is 0 Å². The molecule has 0 saturated carbocycles. The minimum atomic E-state index is -0.221. The monoisotopic (exact) mass is 288 g/mol. The molecule has 0 radical (unpaired) electrons. The van der Waals surface area contributed by atoms with Crippen molar-refractivity contribution in [1.29, 1.82) is 0 Å². The molecule has 4 heteroatoms. The van der Waals surface area contributed by atoms with Gasteiger partial charge in [-0.2, -0.15) is 0 Å². The van der Waals surface area contributed by atoms with Gasteiger partial charge in [0.1, 0.15) is 6.42 Å². The van der Waals surface area contributed by atoms with Crippen molar-refractivity contribution in [3.05, 3.63) is 29.3 Å². The predicted octanol–water partition coefficient (Wildman–Crippen LogP) is 3.03. The molecule has 1 aliphatic rings. The van der Waals surface area contributed by atoms with E-state index in [9.17, 15) is 9.59 Å². The number of likely N-dealkylation sites (tertiary alicyclic amines) is 1. The number of carbonyl (C=O) groups is 2. The van der Waals surface area contributed by atoms with E-state index in [0.717, 1.165) is 42.7 Å². The average molecular weight is 288 g/mol. The van der Waals surface area contributed by atoms with Crippen LogP contribution in [-0.2, 0) is 9.59 Å². The van der Waals surface area contributed by atoms with Gasteiger partial charge in [-0.3, -0.25) is 9.59 Å². The molecule has 1 heterocycles. The van der Waals surface area contributed by atoms with E-state index in [4.69, 9.17) is 0 Å². The molecule has 0 spiro atoms. The number of benzene rings is 1. The number of carbonyl (C=O) groups excluding carboxylic acids is 2. The summed E-state index contributed by atoms with van der Waals surface area (Å²) >= 11 is 0. The number of aryl methyl sites for hydroxylation is 2. The number of anilines is 1. The van der Waals surface area contributed by atoms with Crippen LogP contribution in [0.25, 0.3) is 0 Å². The first-order chi connectivity index (χ1) is 10.1. The minimum Gasteiger partial charge on any atom is -0.342 e. The van der Waals surface area contributed by atoms with Crippen LogP contribution in [0.15, 0.2) is 18.2 Å². The van der Waals surface area contributed by atoms with E-state index in [1.54, 1.807) is 0 Å². The highest BCUT2D eigenvalue weighted by atomic mass is 16.2. The van der Waals surface area contributed by atoms with E-state index in [-0.39, 0.29) is 18.2 Å². The van der Waals surface area contributed by atoms with Gasteiger partial charge in [-0.05, 0) is 37.8 Å². The highest BCUT2D eigenvalue weighted by Crippen LogP contribution is 2.19. The molecule has 0 atom stereocenters. The zero-order chi connectivity index (χ0) is 15.2. The van der Waals surface area contributed by atoms with Gasteiger partial charge in [0.15, 0.2) is 0 Å². The molecule has 21 heavy (non-hydrogen) atoms. The lowest BCUT2D eigenvalue weighted by atomic mass is 10.1. The molecule has 1 saturated heterocycles. The van der Waals surface area contributed by atoms with E-state index in [1.165, 1.54) is 12.8 Å². The average Bonchev–Trinajstić information content (AvgIpc) is 2.72. The van der Waals surface area contributed by atoms with E-state index in [0.29, 0.717) is 0 Å². The summed E-state index contributed by atoms with van der Waals surface area (Å²) in [5.74, 6) is -0.276. The van der Waals surface area contributed by atoms with Crippen molar-refractivity contribution in [3.63, 3.8) is 0 Å². The Bertz CT molecular complexity index is 497. The smallest absolute Gasteiger partial charge is 0.233 e. The van der Waals surface area contributed by atoms with Crippen molar-refractivity contribution in [2.45, 2.75) is 46.0 Å². The Balaban J connectivity index is 1.93. The summed E-state index contributed by atoms with van der Waals surface area (Å²) in [5, 5.41) is 2.88. The maximum atomic E-state index is 12.2. The maximum Gasteiger partial charge on any atom is 0.233 e. The first-order valence-corrected chi connectivity index (χ1v) is 7.72. The van der Waals surface area contributed by atoms with E-state index in [2.05, 4.69) is 5.32 Å². The number of rotatable bonds is 3. The molecule has 114 valence electrons. The molecule has 1 aliphatic heterocycles. The second-order valence-electron chi connectivity index (χ2n) is 5.79. The van der Waals surface area contributed by atoms with Crippen LogP contribution in [0.1, 0.15) is 43.2 Å².